The molecule has 0 fully saturated rings. The number of carbonyl (C=O) groups is 1. The Bertz CT molecular complexity index is 1000. The van der Waals surface area contributed by atoms with Gasteiger partial charge in [0.1, 0.15) is 5.69 Å². The van der Waals surface area contributed by atoms with Gasteiger partial charge in [0.05, 0.1) is 18.2 Å². The van der Waals surface area contributed by atoms with Crippen LogP contribution in [0.3, 0.4) is 0 Å². The third-order valence-corrected chi connectivity index (χ3v) is 3.81. The number of hydrogen-bond donors (Lipinski definition) is 1. The van der Waals surface area contributed by atoms with Crippen LogP contribution in [0, 0.1) is 11.3 Å². The van der Waals surface area contributed by atoms with E-state index in [9.17, 15) is 9.59 Å². The summed E-state index contributed by atoms with van der Waals surface area (Å²) in [5, 5.41) is 15.7. The number of amides is 1. The van der Waals surface area contributed by atoms with Crippen LogP contribution in [0.25, 0.3) is 0 Å². The van der Waals surface area contributed by atoms with Crippen molar-refractivity contribution in [2.75, 3.05) is 0 Å². The average Bonchev–Trinajstić information content (AvgIpc) is 2.69. The third kappa shape index (κ3) is 4.22. The molecule has 26 heavy (non-hydrogen) atoms. The fourth-order valence-corrected chi connectivity index (χ4v) is 2.41. The van der Waals surface area contributed by atoms with E-state index >= 15 is 0 Å². The van der Waals surface area contributed by atoms with Gasteiger partial charge in [-0.2, -0.15) is 10.4 Å². The summed E-state index contributed by atoms with van der Waals surface area (Å²) in [7, 11) is 0. The zero-order valence-electron chi connectivity index (χ0n) is 13.9. The van der Waals surface area contributed by atoms with Crippen LogP contribution in [-0.2, 0) is 13.1 Å². The summed E-state index contributed by atoms with van der Waals surface area (Å²) in [5.41, 5.74) is 2.27. The molecule has 0 bridgehead atoms. The van der Waals surface area contributed by atoms with Gasteiger partial charge in [-0.15, -0.1) is 0 Å². The molecule has 0 spiro atoms. The fourth-order valence-electron chi connectivity index (χ4n) is 2.41. The maximum Gasteiger partial charge on any atom is 0.271 e. The molecule has 1 amide bonds. The normalized spacial score (nSPS) is 10.1. The van der Waals surface area contributed by atoms with Crippen LogP contribution in [0.5, 0.6) is 0 Å². The second-order valence-electron chi connectivity index (χ2n) is 5.69. The predicted molar refractivity (Wildman–Crippen MR) is 96.4 cm³/mol. The third-order valence-electron chi connectivity index (χ3n) is 3.81. The molecule has 2 aromatic carbocycles. The van der Waals surface area contributed by atoms with Gasteiger partial charge in [-0.1, -0.05) is 42.5 Å². The lowest BCUT2D eigenvalue weighted by Crippen LogP contribution is -2.29. The summed E-state index contributed by atoms with van der Waals surface area (Å²) in [4.78, 5) is 24.3. The van der Waals surface area contributed by atoms with Crippen LogP contribution >= 0.6 is 0 Å². The summed E-state index contributed by atoms with van der Waals surface area (Å²) in [6, 6.07) is 21.2. The molecule has 128 valence electrons. The standard InChI is InChI=1S/C20H16N4O2/c21-12-15-6-8-16(9-7-15)13-22-20(26)18-10-11-19(25)24(23-18)14-17-4-2-1-3-5-17/h1-11H,13-14H2,(H,22,26). The van der Waals surface area contributed by atoms with Gasteiger partial charge in [0, 0.05) is 12.6 Å². The molecule has 3 aromatic rings. The van der Waals surface area contributed by atoms with Gasteiger partial charge in [0.15, 0.2) is 0 Å². The highest BCUT2D eigenvalue weighted by Gasteiger charge is 2.10. The highest BCUT2D eigenvalue weighted by atomic mass is 16.2. The van der Waals surface area contributed by atoms with Crippen LogP contribution in [0.4, 0.5) is 0 Å². The first-order valence-electron chi connectivity index (χ1n) is 8.05. The maximum atomic E-state index is 12.3. The smallest absolute Gasteiger partial charge is 0.271 e. The Labute approximate surface area is 150 Å². The van der Waals surface area contributed by atoms with E-state index < -0.39 is 0 Å². The number of nitrogens with zero attached hydrogens (tertiary/aromatic N) is 3. The molecule has 0 saturated heterocycles. The van der Waals surface area contributed by atoms with Crippen molar-refractivity contribution in [3.05, 3.63) is 99.5 Å². The van der Waals surface area contributed by atoms with Gasteiger partial charge in [0.25, 0.3) is 11.5 Å². The number of nitriles is 1. The maximum absolute atomic E-state index is 12.3. The molecule has 0 unspecified atom stereocenters. The first kappa shape index (κ1) is 17.1. The molecular weight excluding hydrogens is 328 g/mol. The molecule has 1 heterocycles. The molecule has 0 aliphatic carbocycles. The molecule has 1 aromatic heterocycles. The number of rotatable bonds is 5. The van der Waals surface area contributed by atoms with Crippen molar-refractivity contribution in [2.45, 2.75) is 13.1 Å². The van der Waals surface area contributed by atoms with E-state index in [1.165, 1.54) is 16.8 Å². The van der Waals surface area contributed by atoms with Crippen LogP contribution in [0.2, 0.25) is 0 Å². The monoisotopic (exact) mass is 344 g/mol. The fraction of sp³-hybridized carbons (Fsp3) is 0.100. The summed E-state index contributed by atoms with van der Waals surface area (Å²) in [5.74, 6) is -0.365. The topological polar surface area (TPSA) is 87.8 Å². The predicted octanol–water partition coefficient (Wildman–Crippen LogP) is 2.09. The Balaban J connectivity index is 1.70. The Kier molecular flexibility index (Phi) is 5.20. The summed E-state index contributed by atoms with van der Waals surface area (Å²) >= 11 is 0. The highest BCUT2D eigenvalue weighted by Crippen LogP contribution is 2.04. The molecule has 0 saturated carbocycles. The first-order valence-corrected chi connectivity index (χ1v) is 8.05. The molecule has 0 aliphatic rings. The average molecular weight is 344 g/mol. The second kappa shape index (κ2) is 7.90. The Hall–Kier alpha value is -3.72. The van der Waals surface area contributed by atoms with Gasteiger partial charge in [-0.25, -0.2) is 4.68 Å². The Morgan fingerprint density at radius 3 is 2.42 bits per heavy atom. The lowest BCUT2D eigenvalue weighted by atomic mass is 10.1. The second-order valence-corrected chi connectivity index (χ2v) is 5.69. The van der Waals surface area contributed by atoms with E-state index in [4.69, 9.17) is 5.26 Å². The largest absolute Gasteiger partial charge is 0.347 e. The summed E-state index contributed by atoms with van der Waals surface area (Å²) < 4.78 is 1.27. The van der Waals surface area contributed by atoms with Gasteiger partial charge >= 0.3 is 0 Å². The highest BCUT2D eigenvalue weighted by molar-refractivity contribution is 5.91. The molecular formula is C20H16N4O2. The minimum absolute atomic E-state index is 0.175. The number of carbonyl (C=O) groups excluding carboxylic acids is 1. The molecule has 6 heteroatoms. The Morgan fingerprint density at radius 1 is 1.00 bits per heavy atom. The quantitative estimate of drug-likeness (QED) is 0.768. The van der Waals surface area contributed by atoms with Crippen molar-refractivity contribution < 1.29 is 4.79 Å². The summed E-state index contributed by atoms with van der Waals surface area (Å²) in [6.07, 6.45) is 0. The number of nitrogens with one attached hydrogen (secondary N) is 1. The lowest BCUT2D eigenvalue weighted by Gasteiger charge is -2.08. The SMILES string of the molecule is N#Cc1ccc(CNC(=O)c2ccc(=O)n(Cc3ccccc3)n2)cc1. The lowest BCUT2D eigenvalue weighted by molar-refractivity contribution is 0.0943. The number of benzene rings is 2. The molecule has 0 aliphatic heterocycles. The van der Waals surface area contributed by atoms with E-state index in [-0.39, 0.29) is 17.2 Å². The summed E-state index contributed by atoms with van der Waals surface area (Å²) in [6.45, 7) is 0.612. The van der Waals surface area contributed by atoms with Crippen molar-refractivity contribution >= 4 is 5.91 Å². The van der Waals surface area contributed by atoms with Crippen molar-refractivity contribution in [2.24, 2.45) is 0 Å². The van der Waals surface area contributed by atoms with E-state index in [1.54, 1.807) is 24.3 Å². The first-order chi connectivity index (χ1) is 12.7. The minimum Gasteiger partial charge on any atom is -0.347 e. The number of aromatic nitrogens is 2. The zero-order valence-corrected chi connectivity index (χ0v) is 13.9. The van der Waals surface area contributed by atoms with Gasteiger partial charge < -0.3 is 5.32 Å². The van der Waals surface area contributed by atoms with Crippen LogP contribution in [0.15, 0.2) is 71.5 Å². The molecule has 3 rings (SSSR count). The van der Waals surface area contributed by atoms with E-state index in [0.29, 0.717) is 18.7 Å². The van der Waals surface area contributed by atoms with Crippen LogP contribution < -0.4 is 10.9 Å². The van der Waals surface area contributed by atoms with Crippen molar-refractivity contribution in [3.63, 3.8) is 0 Å². The Morgan fingerprint density at radius 2 is 1.73 bits per heavy atom. The van der Waals surface area contributed by atoms with E-state index in [2.05, 4.69) is 10.4 Å². The van der Waals surface area contributed by atoms with Crippen LogP contribution in [-0.4, -0.2) is 15.7 Å². The van der Waals surface area contributed by atoms with E-state index in [1.807, 2.05) is 36.4 Å². The van der Waals surface area contributed by atoms with Gasteiger partial charge in [0.2, 0.25) is 0 Å². The van der Waals surface area contributed by atoms with Crippen molar-refractivity contribution in [1.29, 1.82) is 5.26 Å². The number of hydrogen-bond acceptors (Lipinski definition) is 4. The van der Waals surface area contributed by atoms with Gasteiger partial charge in [-0.3, -0.25) is 9.59 Å². The van der Waals surface area contributed by atoms with Crippen LogP contribution in [0.1, 0.15) is 27.2 Å². The molecule has 1 N–H and O–H groups in total. The van der Waals surface area contributed by atoms with Crippen molar-refractivity contribution in [3.8, 4) is 6.07 Å². The zero-order chi connectivity index (χ0) is 18.4. The van der Waals surface area contributed by atoms with Crippen molar-refractivity contribution in [1.82, 2.24) is 15.1 Å². The molecule has 0 radical (unpaired) electrons. The van der Waals surface area contributed by atoms with Gasteiger partial charge in [-0.05, 0) is 29.3 Å². The molecule has 0 atom stereocenters. The molecule has 6 nitrogen and oxygen atoms in total. The minimum atomic E-state index is -0.365. The van der Waals surface area contributed by atoms with E-state index in [0.717, 1.165) is 11.1 Å².